The third-order valence-corrected chi connectivity index (χ3v) is 4.45. The number of aromatic nitrogens is 2. The Bertz CT molecular complexity index is 1060. The van der Waals surface area contributed by atoms with E-state index in [-0.39, 0.29) is 24.0 Å². The molecule has 1 atom stereocenters. The maximum atomic E-state index is 12.6. The molecule has 0 N–H and O–H groups in total. The molecular weight excluding hydrogens is 364 g/mol. The van der Waals surface area contributed by atoms with Crippen molar-refractivity contribution >= 4 is 11.6 Å². The number of nitro benzene ring substituents is 1. The number of hydrogen-bond acceptors (Lipinski definition) is 6. The van der Waals surface area contributed by atoms with E-state index in [9.17, 15) is 19.7 Å². The van der Waals surface area contributed by atoms with Gasteiger partial charge < -0.3 is 9.32 Å². The van der Waals surface area contributed by atoms with Crippen LogP contribution in [0.2, 0.25) is 0 Å². The van der Waals surface area contributed by atoms with Gasteiger partial charge in [-0.2, -0.15) is 4.68 Å². The number of nitrogens with zero attached hydrogens (tertiary/aromatic N) is 4. The van der Waals surface area contributed by atoms with Gasteiger partial charge in [-0.1, -0.05) is 30.3 Å². The van der Waals surface area contributed by atoms with E-state index in [0.29, 0.717) is 11.1 Å². The molecule has 0 unspecified atom stereocenters. The van der Waals surface area contributed by atoms with Crippen molar-refractivity contribution in [2.45, 2.75) is 19.5 Å². The number of nitro groups is 1. The molecule has 3 rings (SSSR count). The van der Waals surface area contributed by atoms with Crippen LogP contribution in [-0.4, -0.2) is 32.6 Å². The summed E-state index contributed by atoms with van der Waals surface area (Å²) in [4.78, 5) is 36.5. The number of likely N-dealkylation sites (N-methyl/N-ethyl adjacent to an activating group) is 1. The van der Waals surface area contributed by atoms with Gasteiger partial charge in [-0.25, -0.2) is 4.79 Å². The molecule has 0 saturated carbocycles. The lowest BCUT2D eigenvalue weighted by atomic mass is 10.1. The Labute approximate surface area is 160 Å². The molecular formula is C19H18N4O5. The molecule has 1 amide bonds. The Hall–Kier alpha value is -3.75. The van der Waals surface area contributed by atoms with Gasteiger partial charge in [0.25, 0.3) is 5.69 Å². The number of hydrogen-bond donors (Lipinski definition) is 0. The van der Waals surface area contributed by atoms with Gasteiger partial charge in [0.15, 0.2) is 0 Å². The van der Waals surface area contributed by atoms with E-state index in [1.54, 1.807) is 50.4 Å². The summed E-state index contributed by atoms with van der Waals surface area (Å²) in [6.45, 7) is 1.45. The summed E-state index contributed by atoms with van der Waals surface area (Å²) in [7, 11) is 1.56. The van der Waals surface area contributed by atoms with Crippen LogP contribution in [0, 0.1) is 10.1 Å². The second-order valence-corrected chi connectivity index (χ2v) is 6.23. The molecule has 2 aromatic carbocycles. The van der Waals surface area contributed by atoms with Crippen molar-refractivity contribution in [2.75, 3.05) is 7.05 Å². The van der Waals surface area contributed by atoms with Crippen LogP contribution in [0.1, 0.15) is 18.5 Å². The highest BCUT2D eigenvalue weighted by Crippen LogP contribution is 2.23. The number of rotatable bonds is 6. The summed E-state index contributed by atoms with van der Waals surface area (Å²) in [6, 6.07) is 14.5. The maximum Gasteiger partial charge on any atom is 0.437 e. The number of non-ortho nitro benzene ring substituents is 1. The van der Waals surface area contributed by atoms with E-state index in [2.05, 4.69) is 5.10 Å². The van der Waals surface area contributed by atoms with Gasteiger partial charge in [0.05, 0.1) is 11.0 Å². The van der Waals surface area contributed by atoms with Gasteiger partial charge >= 0.3 is 5.76 Å². The van der Waals surface area contributed by atoms with Crippen molar-refractivity contribution < 1.29 is 14.1 Å². The van der Waals surface area contributed by atoms with Crippen LogP contribution >= 0.6 is 0 Å². The zero-order chi connectivity index (χ0) is 20.3. The molecule has 9 nitrogen and oxygen atoms in total. The molecule has 0 spiro atoms. The fourth-order valence-corrected chi connectivity index (χ4v) is 2.68. The average Bonchev–Trinajstić information content (AvgIpc) is 3.07. The third kappa shape index (κ3) is 3.98. The Morgan fingerprint density at radius 2 is 1.96 bits per heavy atom. The predicted octanol–water partition coefficient (Wildman–Crippen LogP) is 2.63. The van der Waals surface area contributed by atoms with Crippen molar-refractivity contribution in [1.29, 1.82) is 0 Å². The van der Waals surface area contributed by atoms with Crippen LogP contribution in [0.3, 0.4) is 0 Å². The summed E-state index contributed by atoms with van der Waals surface area (Å²) >= 11 is 0. The zero-order valence-corrected chi connectivity index (χ0v) is 15.3. The molecule has 0 saturated heterocycles. The van der Waals surface area contributed by atoms with Crippen molar-refractivity contribution in [3.63, 3.8) is 0 Å². The smallest absolute Gasteiger partial charge is 0.388 e. The van der Waals surface area contributed by atoms with E-state index >= 15 is 0 Å². The summed E-state index contributed by atoms with van der Waals surface area (Å²) in [5.74, 6) is -0.981. The molecule has 1 aromatic heterocycles. The van der Waals surface area contributed by atoms with Crippen LogP contribution in [0.25, 0.3) is 11.5 Å². The first-order valence-electron chi connectivity index (χ1n) is 8.50. The number of benzene rings is 2. The average molecular weight is 382 g/mol. The van der Waals surface area contributed by atoms with Crippen molar-refractivity contribution in [3.8, 4) is 11.5 Å². The Morgan fingerprint density at radius 3 is 2.64 bits per heavy atom. The molecule has 144 valence electrons. The predicted molar refractivity (Wildman–Crippen MR) is 100 cm³/mol. The van der Waals surface area contributed by atoms with Crippen LogP contribution in [-0.2, 0) is 11.3 Å². The number of carbonyl (C=O) groups is 1. The molecule has 1 heterocycles. The van der Waals surface area contributed by atoms with Gasteiger partial charge in [-0.05, 0) is 24.6 Å². The largest absolute Gasteiger partial charge is 0.437 e. The van der Waals surface area contributed by atoms with E-state index in [0.717, 1.165) is 4.68 Å². The highest BCUT2D eigenvalue weighted by Gasteiger charge is 2.21. The zero-order valence-electron chi connectivity index (χ0n) is 15.3. The minimum absolute atomic E-state index is 0.0505. The Morgan fingerprint density at radius 1 is 1.25 bits per heavy atom. The molecule has 0 aliphatic heterocycles. The number of carbonyl (C=O) groups excluding carboxylic acids is 1. The van der Waals surface area contributed by atoms with E-state index < -0.39 is 16.7 Å². The van der Waals surface area contributed by atoms with Crippen molar-refractivity contribution in [3.05, 3.63) is 80.8 Å². The fourth-order valence-electron chi connectivity index (χ4n) is 2.68. The lowest BCUT2D eigenvalue weighted by Crippen LogP contribution is -2.35. The Balaban J connectivity index is 1.76. The van der Waals surface area contributed by atoms with E-state index in [1.165, 1.54) is 17.0 Å². The monoisotopic (exact) mass is 382 g/mol. The van der Waals surface area contributed by atoms with Crippen molar-refractivity contribution in [1.82, 2.24) is 14.7 Å². The van der Waals surface area contributed by atoms with E-state index in [1.807, 2.05) is 6.07 Å². The highest BCUT2D eigenvalue weighted by atomic mass is 16.6. The second kappa shape index (κ2) is 7.87. The van der Waals surface area contributed by atoms with Crippen LogP contribution in [0.15, 0.2) is 63.8 Å². The Kier molecular flexibility index (Phi) is 5.35. The molecule has 9 heteroatoms. The summed E-state index contributed by atoms with van der Waals surface area (Å²) in [5.41, 5.74) is 1.19. The first-order chi connectivity index (χ1) is 13.4. The molecule has 0 radical (unpaired) electrons. The lowest BCUT2D eigenvalue weighted by Gasteiger charge is -2.25. The van der Waals surface area contributed by atoms with Crippen molar-refractivity contribution in [2.24, 2.45) is 0 Å². The minimum atomic E-state index is -0.733. The molecule has 28 heavy (non-hydrogen) atoms. The minimum Gasteiger partial charge on any atom is -0.388 e. The van der Waals surface area contributed by atoms with Gasteiger partial charge in [0.2, 0.25) is 11.8 Å². The van der Waals surface area contributed by atoms with Gasteiger partial charge in [0.1, 0.15) is 6.54 Å². The molecule has 0 bridgehead atoms. The summed E-state index contributed by atoms with van der Waals surface area (Å²) in [5, 5.41) is 15.0. The number of amides is 1. The quantitative estimate of drug-likeness (QED) is 0.478. The summed E-state index contributed by atoms with van der Waals surface area (Å²) < 4.78 is 6.08. The fraction of sp³-hybridized carbons (Fsp3) is 0.211. The molecule has 0 aliphatic rings. The second-order valence-electron chi connectivity index (χ2n) is 6.23. The third-order valence-electron chi connectivity index (χ3n) is 4.45. The normalized spacial score (nSPS) is 11.8. The van der Waals surface area contributed by atoms with Gasteiger partial charge in [-0.3, -0.25) is 14.9 Å². The SMILES string of the molecule is C[C@@H](c1cccc([N+](=O)[O-])c1)N(C)C(=O)Cn1nc(-c2ccccc2)oc1=O. The van der Waals surface area contributed by atoms with Gasteiger partial charge in [0, 0.05) is 24.7 Å². The van der Waals surface area contributed by atoms with Crippen LogP contribution in [0.5, 0.6) is 0 Å². The lowest BCUT2D eigenvalue weighted by molar-refractivity contribution is -0.384. The van der Waals surface area contributed by atoms with Gasteiger partial charge in [-0.15, -0.1) is 5.10 Å². The summed E-state index contributed by atoms with van der Waals surface area (Å²) in [6.07, 6.45) is 0. The first kappa shape index (κ1) is 19.0. The molecule has 0 fully saturated rings. The molecule has 3 aromatic rings. The standard InChI is InChI=1S/C19H18N4O5/c1-13(15-9-6-10-16(11-15)23(26)27)21(2)17(24)12-22-19(25)28-18(20-22)14-7-4-3-5-8-14/h3-11,13H,12H2,1-2H3/t13-/m0/s1. The van der Waals surface area contributed by atoms with Crippen LogP contribution in [0.4, 0.5) is 5.69 Å². The molecule has 0 aliphatic carbocycles. The van der Waals surface area contributed by atoms with E-state index in [4.69, 9.17) is 4.42 Å². The first-order valence-corrected chi connectivity index (χ1v) is 8.50. The van der Waals surface area contributed by atoms with Crippen LogP contribution < -0.4 is 5.76 Å². The topological polar surface area (TPSA) is 111 Å². The maximum absolute atomic E-state index is 12.6. The highest BCUT2D eigenvalue weighted by molar-refractivity contribution is 5.76.